The first-order valence-electron chi connectivity index (χ1n) is 7.93. The van der Waals surface area contributed by atoms with E-state index >= 15 is 0 Å². The highest BCUT2D eigenvalue weighted by molar-refractivity contribution is 7.89. The van der Waals surface area contributed by atoms with Gasteiger partial charge in [-0.25, -0.2) is 13.2 Å². The number of ether oxygens (including phenoxy) is 1. The van der Waals surface area contributed by atoms with Crippen molar-refractivity contribution in [3.05, 3.63) is 30.3 Å². The first-order chi connectivity index (χ1) is 11.9. The number of benzene rings is 1. The number of rotatable bonds is 7. The molecule has 0 bridgehead atoms. The summed E-state index contributed by atoms with van der Waals surface area (Å²) in [6.07, 6.45) is 1.04. The minimum atomic E-state index is -3.67. The standard InChI is InChI=1S/C16H22N2O6S/c1-24-11-14(16(20)21)17-15(19)12-6-5-9-18(10-12)25(22,23)13-7-3-2-4-8-13/h2-4,7-8,12,14H,5-6,9-11H2,1H3,(H,17,19)(H,20,21). The molecule has 0 saturated carbocycles. The maximum absolute atomic E-state index is 12.7. The molecule has 1 amide bonds. The van der Waals surface area contributed by atoms with Gasteiger partial charge in [-0.2, -0.15) is 4.31 Å². The SMILES string of the molecule is COCC(NC(=O)C1CCCN(S(=O)(=O)c2ccccc2)C1)C(=O)O. The Morgan fingerprint density at radius 1 is 1.36 bits per heavy atom. The third-order valence-electron chi connectivity index (χ3n) is 4.08. The van der Waals surface area contributed by atoms with Crippen molar-refractivity contribution in [3.63, 3.8) is 0 Å². The Kier molecular flexibility index (Phi) is 6.51. The first kappa shape index (κ1) is 19.4. The molecule has 2 atom stereocenters. The highest BCUT2D eigenvalue weighted by atomic mass is 32.2. The number of methoxy groups -OCH3 is 1. The van der Waals surface area contributed by atoms with Crippen LogP contribution in [0.5, 0.6) is 0 Å². The zero-order chi connectivity index (χ0) is 18.4. The topological polar surface area (TPSA) is 113 Å². The molecule has 0 radical (unpaired) electrons. The van der Waals surface area contributed by atoms with Gasteiger partial charge < -0.3 is 15.2 Å². The second-order valence-electron chi connectivity index (χ2n) is 5.87. The largest absolute Gasteiger partial charge is 0.480 e. The Bertz CT molecular complexity index is 707. The number of hydrogen-bond donors (Lipinski definition) is 2. The number of sulfonamides is 1. The molecular weight excluding hydrogens is 348 g/mol. The minimum absolute atomic E-state index is 0.0301. The van der Waals surface area contributed by atoms with Crippen LogP contribution in [0.15, 0.2) is 35.2 Å². The van der Waals surface area contributed by atoms with Gasteiger partial charge in [0.25, 0.3) is 0 Å². The number of carbonyl (C=O) groups excluding carboxylic acids is 1. The third-order valence-corrected chi connectivity index (χ3v) is 5.96. The van der Waals surface area contributed by atoms with Gasteiger partial charge in [0.15, 0.2) is 6.04 Å². The van der Waals surface area contributed by atoms with Crippen molar-refractivity contribution in [1.29, 1.82) is 0 Å². The molecule has 138 valence electrons. The summed E-state index contributed by atoms with van der Waals surface area (Å²) < 4.78 is 31.4. The van der Waals surface area contributed by atoms with E-state index in [2.05, 4.69) is 5.32 Å². The molecule has 0 spiro atoms. The van der Waals surface area contributed by atoms with Gasteiger partial charge in [0.1, 0.15) is 0 Å². The van der Waals surface area contributed by atoms with Gasteiger partial charge in [-0.15, -0.1) is 0 Å². The molecule has 1 aromatic rings. The van der Waals surface area contributed by atoms with E-state index in [1.54, 1.807) is 18.2 Å². The summed E-state index contributed by atoms with van der Waals surface area (Å²) in [5.41, 5.74) is 0. The van der Waals surface area contributed by atoms with Crippen molar-refractivity contribution < 1.29 is 27.9 Å². The number of carboxylic acids is 1. The minimum Gasteiger partial charge on any atom is -0.480 e. The fraction of sp³-hybridized carbons (Fsp3) is 0.500. The lowest BCUT2D eigenvalue weighted by Crippen LogP contribution is -2.50. The number of carboxylic acid groups (broad SMARTS) is 1. The molecule has 1 aliphatic rings. The second kappa shape index (κ2) is 8.41. The molecular formula is C16H22N2O6S. The first-order valence-corrected chi connectivity index (χ1v) is 9.37. The van der Waals surface area contributed by atoms with E-state index in [9.17, 15) is 18.0 Å². The second-order valence-corrected chi connectivity index (χ2v) is 7.81. The number of aliphatic carboxylic acids is 1. The van der Waals surface area contributed by atoms with Gasteiger partial charge >= 0.3 is 5.97 Å². The lowest BCUT2D eigenvalue weighted by Gasteiger charge is -2.31. The van der Waals surface area contributed by atoms with Gasteiger partial charge in [0.05, 0.1) is 17.4 Å². The van der Waals surface area contributed by atoms with Crippen LogP contribution in [-0.4, -0.2) is 62.6 Å². The van der Waals surface area contributed by atoms with Gasteiger partial charge in [-0.1, -0.05) is 18.2 Å². The number of hydrogen-bond acceptors (Lipinski definition) is 5. The van der Waals surface area contributed by atoms with Crippen LogP contribution in [0.1, 0.15) is 12.8 Å². The van der Waals surface area contributed by atoms with E-state index < -0.39 is 33.9 Å². The van der Waals surface area contributed by atoms with Gasteiger partial charge in [-0.3, -0.25) is 4.79 Å². The molecule has 2 N–H and O–H groups in total. The van der Waals surface area contributed by atoms with Gasteiger partial charge in [0.2, 0.25) is 15.9 Å². The molecule has 2 rings (SSSR count). The number of nitrogens with zero attached hydrogens (tertiary/aromatic N) is 1. The normalized spacial score (nSPS) is 20.0. The average molecular weight is 370 g/mol. The quantitative estimate of drug-likeness (QED) is 0.714. The van der Waals surface area contributed by atoms with Crippen LogP contribution in [0.2, 0.25) is 0 Å². The smallest absolute Gasteiger partial charge is 0.328 e. The molecule has 2 unspecified atom stereocenters. The Hall–Kier alpha value is -1.97. The molecule has 1 fully saturated rings. The van der Waals surface area contributed by atoms with E-state index in [0.717, 1.165) is 0 Å². The van der Waals surface area contributed by atoms with E-state index in [4.69, 9.17) is 9.84 Å². The molecule has 9 heteroatoms. The maximum Gasteiger partial charge on any atom is 0.328 e. The zero-order valence-corrected chi connectivity index (χ0v) is 14.7. The maximum atomic E-state index is 12.7. The third kappa shape index (κ3) is 4.77. The molecule has 1 heterocycles. The van der Waals surface area contributed by atoms with Gasteiger partial charge in [0, 0.05) is 20.2 Å². The highest BCUT2D eigenvalue weighted by Crippen LogP contribution is 2.23. The van der Waals surface area contributed by atoms with Crippen LogP contribution in [0.4, 0.5) is 0 Å². The monoisotopic (exact) mass is 370 g/mol. The molecule has 1 aromatic carbocycles. The van der Waals surface area contributed by atoms with E-state index in [0.29, 0.717) is 19.4 Å². The predicted octanol–water partition coefficient (Wildman–Crippen LogP) is 0.303. The van der Waals surface area contributed by atoms with Crippen molar-refractivity contribution in [1.82, 2.24) is 9.62 Å². The van der Waals surface area contributed by atoms with Crippen LogP contribution < -0.4 is 5.32 Å². The van der Waals surface area contributed by atoms with Crippen molar-refractivity contribution in [2.45, 2.75) is 23.8 Å². The molecule has 25 heavy (non-hydrogen) atoms. The molecule has 1 saturated heterocycles. The summed E-state index contributed by atoms with van der Waals surface area (Å²) in [5.74, 6) is -2.26. The number of amides is 1. The Morgan fingerprint density at radius 2 is 2.04 bits per heavy atom. The van der Waals surface area contributed by atoms with Crippen molar-refractivity contribution in [3.8, 4) is 0 Å². The number of piperidine rings is 1. The summed E-state index contributed by atoms with van der Waals surface area (Å²) >= 11 is 0. The molecule has 0 aromatic heterocycles. The van der Waals surface area contributed by atoms with Gasteiger partial charge in [-0.05, 0) is 25.0 Å². The molecule has 1 aliphatic heterocycles. The summed E-state index contributed by atoms with van der Waals surface area (Å²) in [4.78, 5) is 23.6. The van der Waals surface area contributed by atoms with Crippen molar-refractivity contribution >= 4 is 21.9 Å². The zero-order valence-electron chi connectivity index (χ0n) is 13.9. The fourth-order valence-corrected chi connectivity index (χ4v) is 4.29. The van der Waals surface area contributed by atoms with E-state index in [1.807, 2.05) is 0 Å². The summed E-state index contributed by atoms with van der Waals surface area (Å²) in [6.45, 7) is 0.212. The summed E-state index contributed by atoms with van der Waals surface area (Å²) in [5, 5.41) is 11.5. The molecule has 0 aliphatic carbocycles. The van der Waals surface area contributed by atoms with Crippen LogP contribution in [0, 0.1) is 5.92 Å². The van der Waals surface area contributed by atoms with Crippen LogP contribution >= 0.6 is 0 Å². The highest BCUT2D eigenvalue weighted by Gasteiger charge is 2.34. The van der Waals surface area contributed by atoms with E-state index in [-0.39, 0.29) is 18.0 Å². The summed E-state index contributed by atoms with van der Waals surface area (Å²) in [6, 6.07) is 6.88. The van der Waals surface area contributed by atoms with Crippen molar-refractivity contribution in [2.75, 3.05) is 26.8 Å². The predicted molar refractivity (Wildman–Crippen MR) is 89.4 cm³/mol. The Balaban J connectivity index is 2.07. The average Bonchev–Trinajstić information content (AvgIpc) is 2.62. The molecule has 8 nitrogen and oxygen atoms in total. The fourth-order valence-electron chi connectivity index (χ4n) is 2.75. The Labute approximate surface area is 146 Å². The number of nitrogens with one attached hydrogen (secondary N) is 1. The van der Waals surface area contributed by atoms with Crippen LogP contribution in [-0.2, 0) is 24.3 Å². The summed E-state index contributed by atoms with van der Waals surface area (Å²) in [7, 11) is -2.33. The van der Waals surface area contributed by atoms with Crippen LogP contribution in [0.25, 0.3) is 0 Å². The lowest BCUT2D eigenvalue weighted by atomic mass is 9.98. The lowest BCUT2D eigenvalue weighted by molar-refractivity contribution is -0.144. The number of carbonyl (C=O) groups is 2. The Morgan fingerprint density at radius 3 is 2.64 bits per heavy atom. The van der Waals surface area contributed by atoms with Crippen molar-refractivity contribution in [2.24, 2.45) is 5.92 Å². The van der Waals surface area contributed by atoms with Crippen LogP contribution in [0.3, 0.4) is 0 Å². The van der Waals surface area contributed by atoms with E-state index in [1.165, 1.54) is 23.5 Å².